The topological polar surface area (TPSA) is 95.8 Å². The average Bonchev–Trinajstić information content (AvgIpc) is 3.79. The van der Waals surface area contributed by atoms with Crippen molar-refractivity contribution in [2.75, 3.05) is 24.6 Å². The van der Waals surface area contributed by atoms with Crippen LogP contribution in [0.4, 0.5) is 18.9 Å². The molecule has 0 atom stereocenters. The van der Waals surface area contributed by atoms with Gasteiger partial charge < -0.3 is 15.0 Å². The Bertz CT molecular complexity index is 1610. The van der Waals surface area contributed by atoms with Gasteiger partial charge in [-0.2, -0.15) is 13.2 Å². The third-order valence-electron chi connectivity index (χ3n) is 6.91. The number of carbonyl (C=O) groups excluding carboxylic acids is 1. The Morgan fingerprint density at radius 2 is 1.77 bits per heavy atom. The summed E-state index contributed by atoms with van der Waals surface area (Å²) in [5, 5.41) is 7.71. The highest BCUT2D eigenvalue weighted by Gasteiger charge is 2.38. The number of alkyl halides is 3. The highest BCUT2D eigenvalue weighted by molar-refractivity contribution is 7.09. The van der Waals surface area contributed by atoms with Crippen molar-refractivity contribution in [1.82, 2.24) is 25.2 Å². The Hall–Kier alpha value is -4.40. The van der Waals surface area contributed by atoms with E-state index < -0.39 is 12.1 Å². The molecule has 0 bridgehead atoms. The monoisotopic (exact) mass is 697 g/mol. The van der Waals surface area contributed by atoms with E-state index in [4.69, 9.17) is 4.74 Å². The van der Waals surface area contributed by atoms with Gasteiger partial charge in [0.1, 0.15) is 15.8 Å². The van der Waals surface area contributed by atoms with Gasteiger partial charge in [0.2, 0.25) is 0 Å². The molecular formula is C34H38F3N7O2S2. The number of hydrogen-bond acceptors (Lipinski definition) is 10. The predicted molar refractivity (Wildman–Crippen MR) is 185 cm³/mol. The summed E-state index contributed by atoms with van der Waals surface area (Å²) in [5.41, 5.74) is 3.59. The molecule has 0 unspecified atom stereocenters. The van der Waals surface area contributed by atoms with Crippen LogP contribution in [0.25, 0.3) is 0 Å². The summed E-state index contributed by atoms with van der Waals surface area (Å²) in [4.78, 5) is 33.4. The number of ether oxygens (including phenoxy) is 1. The minimum absolute atomic E-state index is 0.0925. The normalized spacial score (nSPS) is 12.1. The standard InChI is InChI=1S/C34H38F3N7O2S2/c1-3-4-9-27(38-2)22-43(24-31-40-13-16-47-31)21-26-18-29(20-30(19-26)46-15-8-7-12-42-33(45)34(35,36)37)44(25-32-41-14-17-48-32)23-28-10-5-6-11-39-28/h3-6,9-11,13-14,16-20H,2,7-8,12,15,21-25H2,1H3,(H,42,45)/b4-3-,27-9-. The van der Waals surface area contributed by atoms with E-state index in [1.807, 2.05) is 71.6 Å². The Balaban J connectivity index is 1.60. The van der Waals surface area contributed by atoms with Crippen LogP contribution in [-0.2, 0) is 31.0 Å². The van der Waals surface area contributed by atoms with Crippen LogP contribution in [0.5, 0.6) is 5.75 Å². The molecule has 3 aromatic heterocycles. The number of rotatable bonds is 19. The fraction of sp³-hybridized carbons (Fsp3) is 0.324. The van der Waals surface area contributed by atoms with E-state index in [2.05, 4.69) is 42.5 Å². The van der Waals surface area contributed by atoms with Crippen molar-refractivity contribution in [3.05, 3.63) is 111 Å². The lowest BCUT2D eigenvalue weighted by Gasteiger charge is -2.27. The minimum Gasteiger partial charge on any atom is -0.494 e. The summed E-state index contributed by atoms with van der Waals surface area (Å²) in [6, 6.07) is 11.9. The molecule has 0 radical (unpaired) electrons. The average molecular weight is 698 g/mol. The van der Waals surface area contributed by atoms with Crippen LogP contribution < -0.4 is 15.0 Å². The molecule has 1 N–H and O–H groups in total. The second kappa shape index (κ2) is 18.8. The summed E-state index contributed by atoms with van der Waals surface area (Å²) in [6.45, 7) is 8.64. The number of allylic oxidation sites excluding steroid dienone is 3. The molecule has 0 aliphatic carbocycles. The van der Waals surface area contributed by atoms with Gasteiger partial charge in [0.05, 0.1) is 37.6 Å². The number of benzene rings is 1. The molecule has 0 spiro atoms. The van der Waals surface area contributed by atoms with Gasteiger partial charge in [0.15, 0.2) is 0 Å². The van der Waals surface area contributed by atoms with E-state index in [9.17, 15) is 18.0 Å². The van der Waals surface area contributed by atoms with Crippen molar-refractivity contribution in [3.63, 3.8) is 0 Å². The Morgan fingerprint density at radius 1 is 1.00 bits per heavy atom. The summed E-state index contributed by atoms with van der Waals surface area (Å²) in [7, 11) is 0. The van der Waals surface area contributed by atoms with E-state index in [-0.39, 0.29) is 13.2 Å². The first-order valence-corrected chi connectivity index (χ1v) is 17.0. The number of nitrogens with one attached hydrogen (secondary N) is 1. The molecule has 1 amide bonds. The van der Waals surface area contributed by atoms with Crippen LogP contribution in [0, 0.1) is 0 Å². The van der Waals surface area contributed by atoms with Gasteiger partial charge in [-0.25, -0.2) is 9.97 Å². The van der Waals surface area contributed by atoms with Gasteiger partial charge in [-0.1, -0.05) is 18.2 Å². The Morgan fingerprint density at radius 3 is 2.42 bits per heavy atom. The number of anilines is 1. The fourth-order valence-corrected chi connectivity index (χ4v) is 5.97. The third kappa shape index (κ3) is 12.3. The van der Waals surface area contributed by atoms with Gasteiger partial charge in [-0.05, 0) is 62.4 Å². The zero-order valence-electron chi connectivity index (χ0n) is 26.6. The van der Waals surface area contributed by atoms with Crippen molar-refractivity contribution in [1.29, 1.82) is 0 Å². The van der Waals surface area contributed by atoms with E-state index in [0.29, 0.717) is 51.3 Å². The number of amides is 1. The predicted octanol–water partition coefficient (Wildman–Crippen LogP) is 7.20. The van der Waals surface area contributed by atoms with Crippen LogP contribution in [0.3, 0.4) is 0 Å². The summed E-state index contributed by atoms with van der Waals surface area (Å²) >= 11 is 3.15. The SMILES string of the molecule is C=N/C(=C\C=C/C)CN(Cc1cc(OCCCCNC(=O)C(F)(F)F)cc(N(Cc2ccccn2)Cc2nccs2)c1)Cc1nccs1. The van der Waals surface area contributed by atoms with Crippen molar-refractivity contribution < 1.29 is 22.7 Å². The zero-order valence-corrected chi connectivity index (χ0v) is 28.2. The zero-order chi connectivity index (χ0) is 34.2. The molecule has 0 saturated carbocycles. The number of nitrogens with zero attached hydrogens (tertiary/aromatic N) is 6. The number of pyridine rings is 1. The molecule has 48 heavy (non-hydrogen) atoms. The molecule has 9 nitrogen and oxygen atoms in total. The molecular weight excluding hydrogens is 660 g/mol. The Labute approximate surface area is 286 Å². The number of hydrogen-bond donors (Lipinski definition) is 1. The molecule has 14 heteroatoms. The third-order valence-corrected chi connectivity index (χ3v) is 8.43. The number of aromatic nitrogens is 3. The summed E-state index contributed by atoms with van der Waals surface area (Å²) < 4.78 is 43.7. The van der Waals surface area contributed by atoms with E-state index >= 15 is 0 Å². The lowest BCUT2D eigenvalue weighted by Crippen LogP contribution is -2.37. The lowest BCUT2D eigenvalue weighted by atomic mass is 10.1. The van der Waals surface area contributed by atoms with Gasteiger partial charge >= 0.3 is 12.1 Å². The van der Waals surface area contributed by atoms with Gasteiger partial charge in [-0.15, -0.1) is 22.7 Å². The number of halogens is 3. The maximum atomic E-state index is 12.5. The largest absolute Gasteiger partial charge is 0.494 e. The number of carbonyl (C=O) groups is 1. The van der Waals surface area contributed by atoms with Crippen molar-refractivity contribution in [2.24, 2.45) is 4.99 Å². The van der Waals surface area contributed by atoms with Gasteiger partial charge in [-0.3, -0.25) is 19.7 Å². The maximum absolute atomic E-state index is 12.5. The quantitative estimate of drug-likeness (QED) is 0.0629. The first-order valence-electron chi connectivity index (χ1n) is 15.3. The molecule has 0 aliphatic rings. The van der Waals surface area contributed by atoms with Crippen molar-refractivity contribution >= 4 is 41.0 Å². The number of thiazole rings is 2. The van der Waals surface area contributed by atoms with Crippen molar-refractivity contribution in [2.45, 2.75) is 52.1 Å². The van der Waals surface area contributed by atoms with Crippen LogP contribution in [-0.4, -0.2) is 58.3 Å². The Kier molecular flexibility index (Phi) is 14.3. The summed E-state index contributed by atoms with van der Waals surface area (Å²) in [6.07, 6.45) is 7.03. The first kappa shape index (κ1) is 36.4. The molecule has 4 aromatic rings. The lowest BCUT2D eigenvalue weighted by molar-refractivity contribution is -0.173. The van der Waals surface area contributed by atoms with Crippen LogP contribution in [0.15, 0.2) is 94.7 Å². The fourth-order valence-electron chi connectivity index (χ4n) is 4.68. The molecule has 254 valence electrons. The molecule has 1 aromatic carbocycles. The number of aliphatic imine (C=N–C) groups is 1. The maximum Gasteiger partial charge on any atom is 0.471 e. The molecule has 4 rings (SSSR count). The highest BCUT2D eigenvalue weighted by atomic mass is 32.1. The molecule has 0 aliphatic heterocycles. The van der Waals surface area contributed by atoms with E-state index in [0.717, 1.165) is 32.7 Å². The molecule has 0 saturated heterocycles. The van der Waals surface area contributed by atoms with Crippen LogP contribution in [0.1, 0.15) is 41.0 Å². The number of unbranched alkanes of at least 4 members (excludes halogenated alkanes) is 1. The minimum atomic E-state index is -4.90. The van der Waals surface area contributed by atoms with Crippen LogP contribution >= 0.6 is 22.7 Å². The second-order valence-electron chi connectivity index (χ2n) is 10.7. The first-order chi connectivity index (χ1) is 23.2. The van der Waals surface area contributed by atoms with E-state index in [1.54, 1.807) is 41.3 Å². The van der Waals surface area contributed by atoms with Crippen LogP contribution in [0.2, 0.25) is 0 Å². The van der Waals surface area contributed by atoms with Gasteiger partial charge in [0, 0.05) is 60.7 Å². The van der Waals surface area contributed by atoms with Crippen molar-refractivity contribution in [3.8, 4) is 5.75 Å². The van der Waals surface area contributed by atoms with Gasteiger partial charge in [0.25, 0.3) is 0 Å². The second-order valence-corrected chi connectivity index (χ2v) is 12.6. The van der Waals surface area contributed by atoms with E-state index in [1.165, 1.54) is 0 Å². The summed E-state index contributed by atoms with van der Waals surface area (Å²) in [5.74, 6) is -1.32. The molecule has 3 heterocycles. The highest BCUT2D eigenvalue weighted by Crippen LogP contribution is 2.29. The molecule has 0 fully saturated rings. The smallest absolute Gasteiger partial charge is 0.471 e.